The molecule has 0 aliphatic heterocycles. The number of hydrogen-bond donors (Lipinski definition) is 2. The van der Waals surface area contributed by atoms with Crippen molar-refractivity contribution in [2.24, 2.45) is 0 Å². The van der Waals surface area contributed by atoms with Crippen molar-refractivity contribution in [3.63, 3.8) is 0 Å². The monoisotopic (exact) mass is 245 g/mol. The zero-order valence-corrected chi connectivity index (χ0v) is 10.0. The number of nitrogens with one attached hydrogen (secondary N) is 1. The molecule has 0 aliphatic rings. The summed E-state index contributed by atoms with van der Waals surface area (Å²) in [6.45, 7) is 0.539. The Morgan fingerprint density at radius 2 is 1.83 bits per heavy atom. The Morgan fingerprint density at radius 3 is 2.50 bits per heavy atom. The summed E-state index contributed by atoms with van der Waals surface area (Å²) in [5, 5.41) is 12.6. The molecule has 2 aromatic carbocycles. The maximum absolute atomic E-state index is 13.0. The Labute approximate surface area is 106 Å². The smallest absolute Gasteiger partial charge is 0.123 e. The molecule has 0 heterocycles. The van der Waals surface area contributed by atoms with Crippen molar-refractivity contribution in [1.82, 2.24) is 5.32 Å². The number of halogens is 1. The summed E-state index contributed by atoms with van der Waals surface area (Å²) in [6.07, 6.45) is 0. The lowest BCUT2D eigenvalue weighted by molar-refractivity contribution is 0.243. The fourth-order valence-electron chi connectivity index (χ4n) is 1.86. The topological polar surface area (TPSA) is 32.3 Å². The lowest BCUT2D eigenvalue weighted by Crippen LogP contribution is -2.23. The molecule has 3 heteroatoms. The maximum Gasteiger partial charge on any atom is 0.123 e. The third-order valence-corrected chi connectivity index (χ3v) is 2.83. The molecule has 0 aromatic heterocycles. The minimum Gasteiger partial charge on any atom is -0.394 e. The van der Waals surface area contributed by atoms with Crippen LogP contribution in [0.2, 0.25) is 0 Å². The second-order valence-corrected chi connectivity index (χ2v) is 4.16. The van der Waals surface area contributed by atoms with Crippen LogP contribution in [0.5, 0.6) is 0 Å². The minimum atomic E-state index is -0.241. The molecule has 0 amide bonds. The van der Waals surface area contributed by atoms with Crippen LogP contribution in [-0.4, -0.2) is 11.7 Å². The first-order valence-electron chi connectivity index (χ1n) is 5.93. The van der Waals surface area contributed by atoms with Crippen molar-refractivity contribution in [3.05, 3.63) is 71.5 Å². The SMILES string of the molecule is OCC(NCc1cccc(F)c1)c1ccccc1. The van der Waals surface area contributed by atoms with E-state index in [9.17, 15) is 9.50 Å². The lowest BCUT2D eigenvalue weighted by atomic mass is 10.1. The van der Waals surface area contributed by atoms with Crippen molar-refractivity contribution in [2.45, 2.75) is 12.6 Å². The number of rotatable bonds is 5. The van der Waals surface area contributed by atoms with Crippen molar-refractivity contribution >= 4 is 0 Å². The van der Waals surface area contributed by atoms with E-state index in [2.05, 4.69) is 5.32 Å². The molecule has 0 spiro atoms. The quantitative estimate of drug-likeness (QED) is 0.848. The van der Waals surface area contributed by atoms with Crippen LogP contribution in [0.1, 0.15) is 17.2 Å². The Bertz CT molecular complexity index is 487. The third kappa shape index (κ3) is 3.39. The summed E-state index contributed by atoms with van der Waals surface area (Å²) in [7, 11) is 0. The molecule has 2 rings (SSSR count). The van der Waals surface area contributed by atoms with Crippen LogP contribution >= 0.6 is 0 Å². The first kappa shape index (κ1) is 12.7. The number of aliphatic hydroxyl groups excluding tert-OH is 1. The highest BCUT2D eigenvalue weighted by molar-refractivity contribution is 5.20. The molecule has 18 heavy (non-hydrogen) atoms. The van der Waals surface area contributed by atoms with Crippen LogP contribution < -0.4 is 5.32 Å². The number of benzene rings is 2. The highest BCUT2D eigenvalue weighted by Gasteiger charge is 2.08. The van der Waals surface area contributed by atoms with Gasteiger partial charge in [-0.3, -0.25) is 0 Å². The van der Waals surface area contributed by atoms with Gasteiger partial charge in [-0.05, 0) is 23.3 Å². The maximum atomic E-state index is 13.0. The van der Waals surface area contributed by atoms with Gasteiger partial charge in [-0.2, -0.15) is 0 Å². The standard InChI is InChI=1S/C15H16FNO/c16-14-8-4-5-12(9-14)10-17-15(11-18)13-6-2-1-3-7-13/h1-9,15,17-18H,10-11H2. The van der Waals surface area contributed by atoms with Crippen molar-refractivity contribution in [3.8, 4) is 0 Å². The lowest BCUT2D eigenvalue weighted by Gasteiger charge is -2.16. The van der Waals surface area contributed by atoms with Crippen molar-refractivity contribution in [1.29, 1.82) is 0 Å². The van der Waals surface area contributed by atoms with Gasteiger partial charge in [-0.1, -0.05) is 42.5 Å². The highest BCUT2D eigenvalue weighted by Crippen LogP contribution is 2.13. The molecule has 1 unspecified atom stereocenters. The van der Waals surface area contributed by atoms with Gasteiger partial charge in [-0.15, -0.1) is 0 Å². The summed E-state index contributed by atoms with van der Waals surface area (Å²) < 4.78 is 13.0. The number of hydrogen-bond acceptors (Lipinski definition) is 2. The second kappa shape index (κ2) is 6.28. The first-order valence-corrected chi connectivity index (χ1v) is 5.93. The van der Waals surface area contributed by atoms with Crippen LogP contribution in [0.4, 0.5) is 4.39 Å². The van der Waals surface area contributed by atoms with E-state index in [1.165, 1.54) is 12.1 Å². The molecule has 0 bridgehead atoms. The largest absolute Gasteiger partial charge is 0.394 e. The van der Waals surface area contributed by atoms with Gasteiger partial charge in [0.25, 0.3) is 0 Å². The average Bonchev–Trinajstić information content (AvgIpc) is 2.41. The highest BCUT2D eigenvalue weighted by atomic mass is 19.1. The van der Waals surface area contributed by atoms with Gasteiger partial charge in [-0.25, -0.2) is 4.39 Å². The molecule has 94 valence electrons. The molecule has 2 aromatic rings. The van der Waals surface area contributed by atoms with E-state index < -0.39 is 0 Å². The zero-order chi connectivity index (χ0) is 12.8. The van der Waals surface area contributed by atoms with Gasteiger partial charge in [0.15, 0.2) is 0 Å². The molecule has 2 nitrogen and oxygen atoms in total. The van der Waals surface area contributed by atoms with E-state index in [0.717, 1.165) is 11.1 Å². The van der Waals surface area contributed by atoms with E-state index in [4.69, 9.17) is 0 Å². The normalized spacial score (nSPS) is 12.3. The zero-order valence-electron chi connectivity index (χ0n) is 10.0. The van der Waals surface area contributed by atoms with E-state index >= 15 is 0 Å². The van der Waals surface area contributed by atoms with Crippen molar-refractivity contribution < 1.29 is 9.50 Å². The molecule has 2 N–H and O–H groups in total. The minimum absolute atomic E-state index is 0.0132. The van der Waals surface area contributed by atoms with Crippen LogP contribution in [0.3, 0.4) is 0 Å². The van der Waals surface area contributed by atoms with Gasteiger partial charge in [0.2, 0.25) is 0 Å². The molecule has 1 atom stereocenters. The predicted molar refractivity (Wildman–Crippen MR) is 69.5 cm³/mol. The molecule has 0 radical (unpaired) electrons. The van der Waals surface area contributed by atoms with E-state index in [1.54, 1.807) is 6.07 Å². The van der Waals surface area contributed by atoms with Crippen molar-refractivity contribution in [2.75, 3.05) is 6.61 Å². The Morgan fingerprint density at radius 1 is 1.06 bits per heavy atom. The second-order valence-electron chi connectivity index (χ2n) is 4.16. The number of aliphatic hydroxyl groups is 1. The fourth-order valence-corrected chi connectivity index (χ4v) is 1.86. The summed E-state index contributed by atoms with van der Waals surface area (Å²) in [5.74, 6) is -0.241. The molecule has 0 saturated heterocycles. The molecular formula is C15H16FNO. The summed E-state index contributed by atoms with van der Waals surface area (Å²) in [6, 6.07) is 16.0. The Kier molecular flexibility index (Phi) is 4.45. The fraction of sp³-hybridized carbons (Fsp3) is 0.200. The van der Waals surface area contributed by atoms with Crippen LogP contribution in [0.15, 0.2) is 54.6 Å². The third-order valence-electron chi connectivity index (χ3n) is 2.83. The first-order chi connectivity index (χ1) is 8.79. The summed E-state index contributed by atoms with van der Waals surface area (Å²) >= 11 is 0. The molecule has 0 fully saturated rings. The van der Waals surface area contributed by atoms with Crippen LogP contribution in [-0.2, 0) is 6.54 Å². The molecule has 0 saturated carbocycles. The van der Waals surface area contributed by atoms with Gasteiger partial charge < -0.3 is 10.4 Å². The summed E-state index contributed by atoms with van der Waals surface area (Å²) in [5.41, 5.74) is 1.89. The van der Waals surface area contributed by atoms with E-state index in [-0.39, 0.29) is 18.5 Å². The van der Waals surface area contributed by atoms with Gasteiger partial charge >= 0.3 is 0 Å². The van der Waals surface area contributed by atoms with E-state index in [0.29, 0.717) is 6.54 Å². The average molecular weight is 245 g/mol. The van der Waals surface area contributed by atoms with Crippen LogP contribution in [0, 0.1) is 5.82 Å². The predicted octanol–water partition coefficient (Wildman–Crippen LogP) is 2.65. The molecule has 0 aliphatic carbocycles. The molecular weight excluding hydrogens is 229 g/mol. The summed E-state index contributed by atoms with van der Waals surface area (Å²) in [4.78, 5) is 0. The van der Waals surface area contributed by atoms with Crippen LogP contribution in [0.25, 0.3) is 0 Å². The van der Waals surface area contributed by atoms with Gasteiger partial charge in [0.05, 0.1) is 12.6 Å². The Hall–Kier alpha value is -1.71. The van der Waals surface area contributed by atoms with Gasteiger partial charge in [0.1, 0.15) is 5.82 Å². The Balaban J connectivity index is 2.00. The van der Waals surface area contributed by atoms with Gasteiger partial charge in [0, 0.05) is 6.54 Å². The van der Waals surface area contributed by atoms with E-state index in [1.807, 2.05) is 36.4 Å².